The summed E-state index contributed by atoms with van der Waals surface area (Å²) in [6, 6.07) is 6.90. The van der Waals surface area contributed by atoms with Crippen LogP contribution in [0.2, 0.25) is 0 Å². The number of methoxy groups -OCH3 is 1. The molecule has 0 saturated heterocycles. The number of ether oxygens (including phenoxy) is 1. The van der Waals surface area contributed by atoms with Crippen LogP contribution < -0.4 is 10.1 Å². The number of benzene rings is 1. The van der Waals surface area contributed by atoms with Gasteiger partial charge in [-0.1, -0.05) is 26.0 Å². The maximum atomic E-state index is 14.5. The summed E-state index contributed by atoms with van der Waals surface area (Å²) in [6.07, 6.45) is -0.0234. The first-order valence-electron chi connectivity index (χ1n) is 13.3. The van der Waals surface area contributed by atoms with Gasteiger partial charge in [0.2, 0.25) is 0 Å². The van der Waals surface area contributed by atoms with Crippen LogP contribution in [0.5, 0.6) is 5.75 Å². The molecule has 4 aromatic rings. The van der Waals surface area contributed by atoms with Crippen molar-refractivity contribution in [1.29, 1.82) is 0 Å². The van der Waals surface area contributed by atoms with Crippen molar-refractivity contribution in [1.82, 2.24) is 30.0 Å². The van der Waals surface area contributed by atoms with Gasteiger partial charge in [0.1, 0.15) is 12.1 Å². The summed E-state index contributed by atoms with van der Waals surface area (Å²) in [5.74, 6) is -0.153. The molecule has 1 fully saturated rings. The van der Waals surface area contributed by atoms with Gasteiger partial charge >= 0.3 is 6.18 Å². The molecule has 0 radical (unpaired) electrons. The number of hydrogen-bond acceptors (Lipinski definition) is 6. The van der Waals surface area contributed by atoms with E-state index in [0.29, 0.717) is 39.4 Å². The number of para-hydroxylation sites is 1. The first-order valence-corrected chi connectivity index (χ1v) is 13.3. The van der Waals surface area contributed by atoms with Crippen molar-refractivity contribution in [2.75, 3.05) is 7.11 Å². The molecule has 0 spiro atoms. The molecule has 0 bridgehead atoms. The van der Waals surface area contributed by atoms with Crippen LogP contribution in [0.3, 0.4) is 0 Å². The Balaban J connectivity index is 1.83. The normalized spacial score (nSPS) is 14.4. The predicted octanol–water partition coefficient (Wildman–Crippen LogP) is 5.43. The SMILES string of the molecule is COc1c(C(=O)NC2CC2)cccc1-c1c(C(C)C)[nH]c(-c2cnn(CC(C)O)c2C(F)(F)F)c1-c1ccncn1. The Morgan fingerprint density at radius 1 is 1.20 bits per heavy atom. The highest BCUT2D eigenvalue weighted by Crippen LogP contribution is 2.49. The Morgan fingerprint density at radius 2 is 1.95 bits per heavy atom. The van der Waals surface area contributed by atoms with Crippen molar-refractivity contribution in [2.45, 2.75) is 64.4 Å². The van der Waals surface area contributed by atoms with E-state index in [2.05, 4.69) is 25.4 Å². The molecule has 1 amide bonds. The van der Waals surface area contributed by atoms with Crippen LogP contribution in [0, 0.1) is 0 Å². The van der Waals surface area contributed by atoms with E-state index in [1.807, 2.05) is 13.8 Å². The van der Waals surface area contributed by atoms with Crippen LogP contribution in [-0.2, 0) is 12.7 Å². The molecular weight excluding hydrogens is 537 g/mol. The number of H-pyrrole nitrogens is 1. The zero-order chi connectivity index (χ0) is 29.5. The second kappa shape index (κ2) is 11.0. The fraction of sp³-hybridized carbons (Fsp3) is 0.379. The standard InChI is InChI=1S/C29H31F3N6O3/c1-15(2)24-22(18-6-5-7-19(26(18)41-4)28(40)36-17-8-9-17)23(21-10-11-33-14-34-21)25(37-24)20-12-35-38(13-16(3)39)27(20)29(30,31)32/h5-7,10-12,14-17,37,39H,8-9,13H2,1-4H3,(H,36,40). The number of aliphatic hydroxyl groups is 1. The first-order chi connectivity index (χ1) is 19.5. The van der Waals surface area contributed by atoms with Crippen LogP contribution >= 0.6 is 0 Å². The lowest BCUT2D eigenvalue weighted by Crippen LogP contribution is -2.25. The van der Waals surface area contributed by atoms with E-state index in [0.717, 1.165) is 23.7 Å². The molecular formula is C29H31F3N6O3. The molecule has 3 N–H and O–H groups in total. The molecule has 1 unspecified atom stereocenters. The highest BCUT2D eigenvalue weighted by atomic mass is 19.4. The molecule has 216 valence electrons. The largest absolute Gasteiger partial charge is 0.495 e. The number of nitrogens with one attached hydrogen (secondary N) is 2. The number of nitrogens with zero attached hydrogens (tertiary/aromatic N) is 4. The molecule has 5 rings (SSSR count). The van der Waals surface area contributed by atoms with Crippen LogP contribution in [0.1, 0.15) is 61.3 Å². The Morgan fingerprint density at radius 3 is 2.54 bits per heavy atom. The minimum Gasteiger partial charge on any atom is -0.495 e. The lowest BCUT2D eigenvalue weighted by atomic mass is 9.91. The van der Waals surface area contributed by atoms with Gasteiger partial charge in [-0.2, -0.15) is 18.3 Å². The third-order valence-corrected chi connectivity index (χ3v) is 6.90. The van der Waals surface area contributed by atoms with Gasteiger partial charge in [-0.25, -0.2) is 9.97 Å². The van der Waals surface area contributed by atoms with Gasteiger partial charge in [-0.15, -0.1) is 0 Å². The number of aromatic nitrogens is 5. The lowest BCUT2D eigenvalue weighted by Gasteiger charge is -2.17. The zero-order valence-electron chi connectivity index (χ0n) is 23.1. The third-order valence-electron chi connectivity index (χ3n) is 6.90. The quantitative estimate of drug-likeness (QED) is 0.248. The summed E-state index contributed by atoms with van der Waals surface area (Å²) in [5.41, 5.74) is 1.76. The fourth-order valence-electron chi connectivity index (χ4n) is 5.01. The van der Waals surface area contributed by atoms with Gasteiger partial charge in [0, 0.05) is 40.2 Å². The maximum absolute atomic E-state index is 14.5. The fourth-order valence-corrected chi connectivity index (χ4v) is 5.01. The Hall–Kier alpha value is -4.19. The summed E-state index contributed by atoms with van der Waals surface area (Å²) in [7, 11) is 1.46. The van der Waals surface area contributed by atoms with Crippen molar-refractivity contribution in [3.05, 3.63) is 59.9 Å². The van der Waals surface area contributed by atoms with Crippen LogP contribution in [0.4, 0.5) is 13.2 Å². The lowest BCUT2D eigenvalue weighted by molar-refractivity contribution is -0.144. The summed E-state index contributed by atoms with van der Waals surface area (Å²) in [4.78, 5) is 24.8. The van der Waals surface area contributed by atoms with E-state index in [4.69, 9.17) is 4.74 Å². The van der Waals surface area contributed by atoms with E-state index in [1.165, 1.54) is 26.6 Å². The summed E-state index contributed by atoms with van der Waals surface area (Å²) in [5, 5.41) is 16.8. The molecule has 1 aromatic carbocycles. The molecule has 9 nitrogen and oxygen atoms in total. The molecule has 1 aliphatic carbocycles. The number of aromatic amines is 1. The highest BCUT2D eigenvalue weighted by molar-refractivity contribution is 6.03. The van der Waals surface area contributed by atoms with Crippen LogP contribution in [-0.4, -0.2) is 55.0 Å². The number of carbonyl (C=O) groups is 1. The molecule has 1 atom stereocenters. The molecule has 1 aliphatic rings. The van der Waals surface area contributed by atoms with Gasteiger partial charge < -0.3 is 20.1 Å². The Labute approximate surface area is 234 Å². The predicted molar refractivity (Wildman–Crippen MR) is 146 cm³/mol. The summed E-state index contributed by atoms with van der Waals surface area (Å²) < 4.78 is 50.1. The maximum Gasteiger partial charge on any atom is 0.433 e. The summed E-state index contributed by atoms with van der Waals surface area (Å²) in [6.45, 7) is 4.89. The number of alkyl halides is 3. The summed E-state index contributed by atoms with van der Waals surface area (Å²) >= 11 is 0. The number of rotatable bonds is 9. The zero-order valence-corrected chi connectivity index (χ0v) is 23.1. The number of amides is 1. The van der Waals surface area contributed by atoms with Crippen molar-refractivity contribution < 1.29 is 27.8 Å². The number of hydrogen-bond donors (Lipinski definition) is 3. The molecule has 0 aliphatic heterocycles. The van der Waals surface area contributed by atoms with Gasteiger partial charge in [0.15, 0.2) is 5.69 Å². The average Bonchev–Trinajstić information content (AvgIpc) is 3.49. The van der Waals surface area contributed by atoms with E-state index in [9.17, 15) is 23.1 Å². The minimum absolute atomic E-state index is 0.122. The van der Waals surface area contributed by atoms with Gasteiger partial charge in [0.05, 0.1) is 42.9 Å². The second-order valence-corrected chi connectivity index (χ2v) is 10.5. The number of aliphatic hydroxyl groups excluding tert-OH is 1. The number of carbonyl (C=O) groups excluding carboxylic acids is 1. The molecule has 41 heavy (non-hydrogen) atoms. The average molecular weight is 569 g/mol. The monoisotopic (exact) mass is 568 g/mol. The number of halogens is 3. The van der Waals surface area contributed by atoms with Crippen LogP contribution in [0.15, 0.2) is 43.0 Å². The van der Waals surface area contributed by atoms with Crippen molar-refractivity contribution in [2.24, 2.45) is 0 Å². The molecule has 3 heterocycles. The Bertz CT molecular complexity index is 1560. The third kappa shape index (κ3) is 5.56. The molecule has 3 aromatic heterocycles. The smallest absolute Gasteiger partial charge is 0.433 e. The second-order valence-electron chi connectivity index (χ2n) is 10.5. The van der Waals surface area contributed by atoms with Crippen molar-refractivity contribution >= 4 is 5.91 Å². The minimum atomic E-state index is -4.77. The van der Waals surface area contributed by atoms with Gasteiger partial charge in [-0.3, -0.25) is 9.48 Å². The van der Waals surface area contributed by atoms with E-state index in [1.54, 1.807) is 24.3 Å². The van der Waals surface area contributed by atoms with Crippen molar-refractivity contribution in [3.8, 4) is 39.4 Å². The first kappa shape index (κ1) is 28.3. The van der Waals surface area contributed by atoms with E-state index in [-0.39, 0.29) is 35.7 Å². The van der Waals surface area contributed by atoms with Crippen molar-refractivity contribution in [3.63, 3.8) is 0 Å². The van der Waals surface area contributed by atoms with Gasteiger partial charge in [-0.05, 0) is 37.8 Å². The van der Waals surface area contributed by atoms with E-state index < -0.39 is 18.0 Å². The Kier molecular flexibility index (Phi) is 7.60. The van der Waals surface area contributed by atoms with E-state index >= 15 is 0 Å². The van der Waals surface area contributed by atoms with Gasteiger partial charge in [0.25, 0.3) is 5.91 Å². The topological polar surface area (TPSA) is 118 Å². The molecule has 12 heteroatoms. The highest BCUT2D eigenvalue weighted by Gasteiger charge is 2.41. The van der Waals surface area contributed by atoms with Crippen LogP contribution in [0.25, 0.3) is 33.6 Å². The molecule has 1 saturated carbocycles.